The zero-order valence-electron chi connectivity index (χ0n) is 15.5. The Kier molecular flexibility index (Phi) is 13.9. The highest BCUT2D eigenvalue weighted by Gasteiger charge is 1.91. The lowest BCUT2D eigenvalue weighted by molar-refractivity contribution is 1.27. The van der Waals surface area contributed by atoms with Gasteiger partial charge >= 0.3 is 0 Å². The highest BCUT2D eigenvalue weighted by atomic mass is 14.0. The van der Waals surface area contributed by atoms with Crippen molar-refractivity contribution in [2.45, 2.75) is 62.3 Å². The molecule has 0 heterocycles. The molecular weight excluding hydrogens is 252 g/mol. The summed E-state index contributed by atoms with van der Waals surface area (Å²) in [6, 6.07) is 14.7. The van der Waals surface area contributed by atoms with Crippen LogP contribution >= 0.6 is 0 Å². The molecule has 0 heteroatoms. The molecule has 0 saturated carbocycles. The fourth-order valence-electron chi connectivity index (χ4n) is 1.56. The van der Waals surface area contributed by atoms with E-state index in [1.54, 1.807) is 0 Å². The molecule has 0 atom stereocenters. The summed E-state index contributed by atoms with van der Waals surface area (Å²) in [6.07, 6.45) is 0. The fourth-order valence-corrected chi connectivity index (χ4v) is 1.56. The molecule has 0 bridgehead atoms. The molecule has 0 unspecified atom stereocenters. The molecule has 0 amide bonds. The van der Waals surface area contributed by atoms with Crippen LogP contribution in [-0.4, -0.2) is 0 Å². The van der Waals surface area contributed by atoms with Crippen LogP contribution in [0.15, 0.2) is 42.5 Å². The molecule has 0 saturated heterocycles. The molecule has 21 heavy (non-hydrogen) atoms. The Morgan fingerprint density at radius 3 is 0.952 bits per heavy atom. The molecule has 0 aromatic heterocycles. The van der Waals surface area contributed by atoms with Gasteiger partial charge in [-0.2, -0.15) is 0 Å². The zero-order chi connectivity index (χ0) is 16.8. The topological polar surface area (TPSA) is 0 Å². The molecule has 118 valence electrons. The summed E-state index contributed by atoms with van der Waals surface area (Å²) >= 11 is 0. The molecule has 0 fully saturated rings. The van der Waals surface area contributed by atoms with Crippen molar-refractivity contribution in [2.75, 3.05) is 0 Å². The maximum absolute atomic E-state index is 2.16. The van der Waals surface area contributed by atoms with Gasteiger partial charge in [-0.3, -0.25) is 0 Å². The Morgan fingerprint density at radius 2 is 0.714 bits per heavy atom. The van der Waals surface area contributed by atoms with E-state index in [1.807, 2.05) is 27.7 Å². The van der Waals surface area contributed by atoms with Crippen LogP contribution in [0.2, 0.25) is 0 Å². The maximum atomic E-state index is 2.16. The van der Waals surface area contributed by atoms with Gasteiger partial charge in [0.25, 0.3) is 0 Å². The number of rotatable bonds is 0. The second kappa shape index (κ2) is 13.4. The summed E-state index contributed by atoms with van der Waals surface area (Å²) < 4.78 is 0. The van der Waals surface area contributed by atoms with Crippen LogP contribution < -0.4 is 0 Å². The highest BCUT2D eigenvalue weighted by molar-refractivity contribution is 5.31. The molecule has 2 rings (SSSR count). The van der Waals surface area contributed by atoms with Gasteiger partial charge in [0.2, 0.25) is 0 Å². The van der Waals surface area contributed by atoms with Crippen molar-refractivity contribution in [1.29, 1.82) is 0 Å². The molecule has 0 N–H and O–H groups in total. The summed E-state index contributed by atoms with van der Waals surface area (Å²) in [4.78, 5) is 0. The standard InChI is InChI=1S/C9H12.C8H10.2C2H6/c1-7-5-4-6-8(2)9(7)3;1-7-5-3-4-6-8(7)2;2*1-2/h4-6H,1-3H3;3-6H,1-2H3;2*1-2H3. The Hall–Kier alpha value is -1.56. The van der Waals surface area contributed by atoms with Gasteiger partial charge in [-0.15, -0.1) is 0 Å². The van der Waals surface area contributed by atoms with E-state index in [0.29, 0.717) is 0 Å². The van der Waals surface area contributed by atoms with Gasteiger partial charge in [0.15, 0.2) is 0 Å². The van der Waals surface area contributed by atoms with Crippen LogP contribution in [0.1, 0.15) is 55.5 Å². The molecule has 0 aliphatic carbocycles. The van der Waals surface area contributed by atoms with Crippen LogP contribution in [0.4, 0.5) is 0 Å². The number of hydrogen-bond acceptors (Lipinski definition) is 0. The fraction of sp³-hybridized carbons (Fsp3) is 0.429. The molecule has 2 aromatic rings. The van der Waals surface area contributed by atoms with Crippen LogP contribution in [-0.2, 0) is 0 Å². The second-order valence-electron chi connectivity index (χ2n) is 4.60. The minimum absolute atomic E-state index is 1.37. The number of hydrogen-bond donors (Lipinski definition) is 0. The van der Waals surface area contributed by atoms with Crippen molar-refractivity contribution in [2.24, 2.45) is 0 Å². The summed E-state index contributed by atoms with van der Waals surface area (Å²) in [5, 5.41) is 0. The largest absolute Gasteiger partial charge is 0.0683 e. The van der Waals surface area contributed by atoms with E-state index in [4.69, 9.17) is 0 Å². The minimum atomic E-state index is 1.37. The van der Waals surface area contributed by atoms with Gasteiger partial charge in [0.05, 0.1) is 0 Å². The van der Waals surface area contributed by atoms with Crippen molar-refractivity contribution in [3.8, 4) is 0 Å². The van der Waals surface area contributed by atoms with Crippen molar-refractivity contribution in [3.05, 3.63) is 70.3 Å². The molecule has 0 aliphatic rings. The van der Waals surface area contributed by atoms with E-state index < -0.39 is 0 Å². The van der Waals surface area contributed by atoms with Gasteiger partial charge in [-0.1, -0.05) is 70.2 Å². The van der Waals surface area contributed by atoms with Crippen LogP contribution in [0.3, 0.4) is 0 Å². The lowest BCUT2D eigenvalue weighted by atomic mass is 10.1. The summed E-state index contributed by atoms with van der Waals surface area (Å²) in [6.45, 7) is 18.7. The Balaban J connectivity index is 0. The van der Waals surface area contributed by atoms with Crippen molar-refractivity contribution >= 4 is 0 Å². The lowest BCUT2D eigenvalue weighted by Gasteiger charge is -2.00. The monoisotopic (exact) mass is 286 g/mol. The maximum Gasteiger partial charge on any atom is -0.0392 e. The van der Waals surface area contributed by atoms with Crippen molar-refractivity contribution < 1.29 is 0 Å². The first-order valence-electron chi connectivity index (χ1n) is 8.07. The van der Waals surface area contributed by atoms with E-state index in [2.05, 4.69) is 77.1 Å². The van der Waals surface area contributed by atoms with Gasteiger partial charge in [0, 0.05) is 0 Å². The van der Waals surface area contributed by atoms with E-state index in [-0.39, 0.29) is 0 Å². The quantitative estimate of drug-likeness (QED) is 0.490. The first-order valence-corrected chi connectivity index (χ1v) is 8.07. The molecular formula is C21H34. The Morgan fingerprint density at radius 1 is 0.429 bits per heavy atom. The number of benzene rings is 2. The smallest absolute Gasteiger partial charge is 0.0392 e. The average Bonchev–Trinajstić information content (AvgIpc) is 2.52. The lowest BCUT2D eigenvalue weighted by Crippen LogP contribution is -1.82. The average molecular weight is 287 g/mol. The van der Waals surface area contributed by atoms with Crippen molar-refractivity contribution in [1.82, 2.24) is 0 Å². The summed E-state index contributed by atoms with van der Waals surface area (Å²) in [5.74, 6) is 0. The normalized spacial score (nSPS) is 8.24. The molecule has 0 radical (unpaired) electrons. The van der Waals surface area contributed by atoms with Gasteiger partial charge in [-0.05, 0) is 62.4 Å². The van der Waals surface area contributed by atoms with Crippen LogP contribution in [0, 0.1) is 34.6 Å². The summed E-state index contributed by atoms with van der Waals surface area (Å²) in [5.41, 5.74) is 6.92. The van der Waals surface area contributed by atoms with Crippen LogP contribution in [0.25, 0.3) is 0 Å². The Bertz CT molecular complexity index is 440. The van der Waals surface area contributed by atoms with Gasteiger partial charge in [-0.25, -0.2) is 0 Å². The predicted molar refractivity (Wildman–Crippen MR) is 99.3 cm³/mol. The highest BCUT2D eigenvalue weighted by Crippen LogP contribution is 2.09. The predicted octanol–water partition coefficient (Wildman–Crippen LogP) is 6.97. The van der Waals surface area contributed by atoms with Crippen molar-refractivity contribution in [3.63, 3.8) is 0 Å². The van der Waals surface area contributed by atoms with E-state index in [0.717, 1.165) is 0 Å². The third-order valence-corrected chi connectivity index (χ3v) is 3.30. The Labute approximate surface area is 133 Å². The first-order chi connectivity index (χ1) is 10.0. The second-order valence-corrected chi connectivity index (χ2v) is 4.60. The third kappa shape index (κ3) is 9.07. The molecule has 0 nitrogen and oxygen atoms in total. The van der Waals surface area contributed by atoms with Crippen LogP contribution in [0.5, 0.6) is 0 Å². The molecule has 0 spiro atoms. The van der Waals surface area contributed by atoms with E-state index >= 15 is 0 Å². The van der Waals surface area contributed by atoms with Gasteiger partial charge in [0.1, 0.15) is 0 Å². The minimum Gasteiger partial charge on any atom is -0.0683 e. The molecule has 0 aliphatic heterocycles. The third-order valence-electron chi connectivity index (χ3n) is 3.30. The van der Waals surface area contributed by atoms with E-state index in [9.17, 15) is 0 Å². The molecule has 2 aromatic carbocycles. The SMILES string of the molecule is CC.CC.Cc1cccc(C)c1C.Cc1ccccc1C. The first kappa shape index (κ1) is 21.7. The number of aryl methyl sites for hydroxylation is 4. The van der Waals surface area contributed by atoms with E-state index in [1.165, 1.54) is 27.8 Å². The summed E-state index contributed by atoms with van der Waals surface area (Å²) in [7, 11) is 0. The zero-order valence-corrected chi connectivity index (χ0v) is 15.5. The van der Waals surface area contributed by atoms with Gasteiger partial charge < -0.3 is 0 Å².